The van der Waals surface area contributed by atoms with E-state index in [1.165, 1.54) is 11.3 Å². The van der Waals surface area contributed by atoms with Crippen LogP contribution < -0.4 is 16.4 Å². The SMILES string of the molecule is C[C@@H](NC(N)=O)C(=O)NCc1ccc(Cl)s1. The molecular formula is C9H12ClN3O2S. The maximum atomic E-state index is 11.4. The predicted molar refractivity (Wildman–Crippen MR) is 63.4 cm³/mol. The lowest BCUT2D eigenvalue weighted by molar-refractivity contribution is -0.122. The van der Waals surface area contributed by atoms with Gasteiger partial charge in [0.05, 0.1) is 10.9 Å². The summed E-state index contributed by atoms with van der Waals surface area (Å²) < 4.78 is 0.674. The van der Waals surface area contributed by atoms with Crippen LogP contribution >= 0.6 is 22.9 Å². The van der Waals surface area contributed by atoms with Crippen molar-refractivity contribution in [2.24, 2.45) is 5.73 Å². The zero-order chi connectivity index (χ0) is 12.1. The highest BCUT2D eigenvalue weighted by atomic mass is 35.5. The zero-order valence-corrected chi connectivity index (χ0v) is 10.2. The Morgan fingerprint density at radius 1 is 1.56 bits per heavy atom. The summed E-state index contributed by atoms with van der Waals surface area (Å²) in [6.45, 7) is 1.95. The molecule has 5 nitrogen and oxygen atoms in total. The minimum Gasteiger partial charge on any atom is -0.352 e. The Morgan fingerprint density at radius 3 is 2.75 bits per heavy atom. The molecular weight excluding hydrogens is 250 g/mol. The Kier molecular flexibility index (Phi) is 4.57. The van der Waals surface area contributed by atoms with E-state index in [0.717, 1.165) is 4.88 Å². The fourth-order valence-corrected chi connectivity index (χ4v) is 2.08. The summed E-state index contributed by atoms with van der Waals surface area (Å²) in [5.41, 5.74) is 4.90. The van der Waals surface area contributed by atoms with Crippen LogP contribution in [0.25, 0.3) is 0 Å². The molecule has 0 aliphatic carbocycles. The molecule has 0 bridgehead atoms. The van der Waals surface area contributed by atoms with Crippen LogP contribution in [0, 0.1) is 0 Å². The van der Waals surface area contributed by atoms with Crippen LogP contribution in [0.15, 0.2) is 12.1 Å². The number of amides is 3. The molecule has 0 aliphatic rings. The number of urea groups is 1. The molecule has 0 aromatic carbocycles. The maximum absolute atomic E-state index is 11.4. The molecule has 1 aromatic heterocycles. The molecule has 1 rings (SSSR count). The Bertz CT molecular complexity index is 394. The molecule has 0 fully saturated rings. The van der Waals surface area contributed by atoms with Gasteiger partial charge in [-0.3, -0.25) is 4.79 Å². The molecule has 1 aromatic rings. The summed E-state index contributed by atoms with van der Waals surface area (Å²) in [4.78, 5) is 22.9. The molecule has 0 saturated carbocycles. The molecule has 0 unspecified atom stereocenters. The van der Waals surface area contributed by atoms with Crippen LogP contribution in [-0.2, 0) is 11.3 Å². The minimum absolute atomic E-state index is 0.289. The van der Waals surface area contributed by atoms with Crippen molar-refractivity contribution in [1.82, 2.24) is 10.6 Å². The summed E-state index contributed by atoms with van der Waals surface area (Å²) in [6, 6.07) is 2.23. The fraction of sp³-hybridized carbons (Fsp3) is 0.333. The van der Waals surface area contributed by atoms with Crippen molar-refractivity contribution in [2.45, 2.75) is 19.5 Å². The summed E-state index contributed by atoms with van der Waals surface area (Å²) in [7, 11) is 0. The summed E-state index contributed by atoms with van der Waals surface area (Å²) in [5, 5.41) is 4.95. The van der Waals surface area contributed by atoms with Crippen molar-refractivity contribution < 1.29 is 9.59 Å². The van der Waals surface area contributed by atoms with E-state index >= 15 is 0 Å². The molecule has 3 amide bonds. The number of rotatable bonds is 4. The van der Waals surface area contributed by atoms with E-state index in [1.54, 1.807) is 13.0 Å². The number of hydrogen-bond acceptors (Lipinski definition) is 3. The van der Waals surface area contributed by atoms with E-state index in [-0.39, 0.29) is 5.91 Å². The highest BCUT2D eigenvalue weighted by Crippen LogP contribution is 2.20. The predicted octanol–water partition coefficient (Wildman–Crippen LogP) is 1.07. The zero-order valence-electron chi connectivity index (χ0n) is 8.62. The van der Waals surface area contributed by atoms with Gasteiger partial charge in [-0.15, -0.1) is 11.3 Å². The lowest BCUT2D eigenvalue weighted by Crippen LogP contribution is -2.46. The van der Waals surface area contributed by atoms with Gasteiger partial charge in [0.25, 0.3) is 0 Å². The summed E-state index contributed by atoms with van der Waals surface area (Å²) in [6.07, 6.45) is 0. The maximum Gasteiger partial charge on any atom is 0.312 e. The van der Waals surface area contributed by atoms with Crippen molar-refractivity contribution in [1.29, 1.82) is 0 Å². The third kappa shape index (κ3) is 4.08. The highest BCUT2D eigenvalue weighted by molar-refractivity contribution is 7.16. The number of carbonyl (C=O) groups excluding carboxylic acids is 2. The third-order valence-electron chi connectivity index (χ3n) is 1.82. The van der Waals surface area contributed by atoms with Gasteiger partial charge in [-0.2, -0.15) is 0 Å². The Morgan fingerprint density at radius 2 is 2.25 bits per heavy atom. The van der Waals surface area contributed by atoms with E-state index in [1.807, 2.05) is 6.07 Å². The average molecular weight is 262 g/mol. The number of nitrogens with one attached hydrogen (secondary N) is 2. The van der Waals surface area contributed by atoms with E-state index < -0.39 is 12.1 Å². The molecule has 4 N–H and O–H groups in total. The van der Waals surface area contributed by atoms with Crippen LogP contribution in [0.5, 0.6) is 0 Å². The second-order valence-electron chi connectivity index (χ2n) is 3.15. The van der Waals surface area contributed by atoms with E-state index in [2.05, 4.69) is 10.6 Å². The molecule has 1 heterocycles. The Labute approximate surface area is 102 Å². The van der Waals surface area contributed by atoms with Gasteiger partial charge in [0.15, 0.2) is 0 Å². The normalized spacial score (nSPS) is 11.9. The van der Waals surface area contributed by atoms with Crippen molar-refractivity contribution in [3.8, 4) is 0 Å². The van der Waals surface area contributed by atoms with Crippen molar-refractivity contribution in [2.75, 3.05) is 0 Å². The largest absolute Gasteiger partial charge is 0.352 e. The Hall–Kier alpha value is -1.27. The summed E-state index contributed by atoms with van der Waals surface area (Å²) in [5.74, 6) is -0.289. The standard InChI is InChI=1S/C9H12ClN3O2S/c1-5(13-9(11)15)8(14)12-4-6-2-3-7(10)16-6/h2-3,5H,4H2,1H3,(H,12,14)(H3,11,13,15)/t5-/m1/s1. The van der Waals surface area contributed by atoms with E-state index in [4.69, 9.17) is 17.3 Å². The van der Waals surface area contributed by atoms with Crippen LogP contribution in [-0.4, -0.2) is 18.0 Å². The minimum atomic E-state index is -0.721. The first-order valence-electron chi connectivity index (χ1n) is 4.57. The second-order valence-corrected chi connectivity index (χ2v) is 4.95. The van der Waals surface area contributed by atoms with Gasteiger partial charge in [-0.05, 0) is 19.1 Å². The van der Waals surface area contributed by atoms with Gasteiger partial charge in [-0.25, -0.2) is 4.79 Å². The monoisotopic (exact) mass is 261 g/mol. The number of hydrogen-bond donors (Lipinski definition) is 3. The number of nitrogens with two attached hydrogens (primary N) is 1. The quantitative estimate of drug-likeness (QED) is 0.758. The number of carbonyl (C=O) groups is 2. The van der Waals surface area contributed by atoms with Gasteiger partial charge in [-0.1, -0.05) is 11.6 Å². The Balaban J connectivity index is 2.37. The first-order chi connectivity index (χ1) is 7.49. The molecule has 0 aliphatic heterocycles. The summed E-state index contributed by atoms with van der Waals surface area (Å²) >= 11 is 7.13. The van der Waals surface area contributed by atoms with E-state index in [0.29, 0.717) is 10.9 Å². The van der Waals surface area contributed by atoms with Crippen molar-refractivity contribution in [3.63, 3.8) is 0 Å². The van der Waals surface area contributed by atoms with Crippen LogP contribution in [0.1, 0.15) is 11.8 Å². The lowest BCUT2D eigenvalue weighted by Gasteiger charge is -2.11. The fourth-order valence-electron chi connectivity index (χ4n) is 1.05. The van der Waals surface area contributed by atoms with Crippen LogP contribution in [0.4, 0.5) is 4.79 Å². The van der Waals surface area contributed by atoms with Gasteiger partial charge >= 0.3 is 6.03 Å². The number of thiophene rings is 1. The van der Waals surface area contributed by atoms with Gasteiger partial charge in [0.2, 0.25) is 5.91 Å². The van der Waals surface area contributed by atoms with Gasteiger partial charge in [0.1, 0.15) is 6.04 Å². The van der Waals surface area contributed by atoms with Crippen LogP contribution in [0.2, 0.25) is 4.34 Å². The molecule has 0 radical (unpaired) electrons. The van der Waals surface area contributed by atoms with E-state index in [9.17, 15) is 9.59 Å². The average Bonchev–Trinajstić information content (AvgIpc) is 2.59. The van der Waals surface area contributed by atoms with Crippen LogP contribution in [0.3, 0.4) is 0 Å². The molecule has 0 spiro atoms. The number of halogens is 1. The van der Waals surface area contributed by atoms with Crippen molar-refractivity contribution in [3.05, 3.63) is 21.3 Å². The highest BCUT2D eigenvalue weighted by Gasteiger charge is 2.13. The number of primary amides is 1. The topological polar surface area (TPSA) is 84.2 Å². The molecule has 0 saturated heterocycles. The smallest absolute Gasteiger partial charge is 0.312 e. The molecule has 7 heteroatoms. The first-order valence-corrected chi connectivity index (χ1v) is 5.76. The van der Waals surface area contributed by atoms with Gasteiger partial charge in [0, 0.05) is 4.88 Å². The second kappa shape index (κ2) is 5.72. The van der Waals surface area contributed by atoms with Gasteiger partial charge < -0.3 is 16.4 Å². The first kappa shape index (κ1) is 12.8. The third-order valence-corrected chi connectivity index (χ3v) is 3.05. The molecule has 88 valence electrons. The van der Waals surface area contributed by atoms with Crippen molar-refractivity contribution >= 4 is 34.9 Å². The molecule has 1 atom stereocenters. The lowest BCUT2D eigenvalue weighted by atomic mass is 10.3. The molecule has 16 heavy (non-hydrogen) atoms.